The van der Waals surface area contributed by atoms with Crippen LogP contribution in [0.25, 0.3) is 0 Å². The van der Waals surface area contributed by atoms with Crippen LogP contribution in [0.1, 0.15) is 0 Å². The zero-order valence-corrected chi connectivity index (χ0v) is 8.86. The lowest BCUT2D eigenvalue weighted by Crippen LogP contribution is -2.35. The Balaban J connectivity index is 2.28. The normalized spacial score (nSPS) is 16.9. The molecule has 1 heterocycles. The lowest BCUT2D eigenvalue weighted by atomic mass is 10.5. The topological polar surface area (TPSA) is 42.0 Å². The predicted octanol–water partition coefficient (Wildman–Crippen LogP) is 0.0168. The molecule has 1 rings (SSSR count). The first kappa shape index (κ1) is 11.3. The van der Waals surface area contributed by atoms with E-state index in [9.17, 15) is 4.79 Å². The minimum atomic E-state index is 0.0964. The Hall–Kier alpha value is -0.810. The van der Waals surface area contributed by atoms with Gasteiger partial charge in [-0.25, -0.2) is 4.79 Å². The van der Waals surface area contributed by atoms with E-state index >= 15 is 0 Å². The molecule has 0 aromatic heterocycles. The van der Waals surface area contributed by atoms with E-state index in [1.54, 1.807) is 24.0 Å². The summed E-state index contributed by atoms with van der Waals surface area (Å²) in [4.78, 5) is 15.3. The smallest absolute Gasteiger partial charge is 0.320 e. The Morgan fingerprint density at radius 1 is 1.07 bits per heavy atom. The van der Waals surface area contributed by atoms with E-state index in [0.717, 1.165) is 13.1 Å². The molecule has 0 aliphatic carbocycles. The highest BCUT2D eigenvalue weighted by Crippen LogP contribution is 2.07. The molecule has 0 unspecified atom stereocenters. The van der Waals surface area contributed by atoms with Gasteiger partial charge in [-0.15, -0.1) is 0 Å². The van der Waals surface area contributed by atoms with Crippen LogP contribution in [0.5, 0.6) is 0 Å². The fourth-order valence-corrected chi connectivity index (χ4v) is 1.45. The molecule has 5 nitrogen and oxygen atoms in total. The summed E-state index contributed by atoms with van der Waals surface area (Å²) in [6, 6.07) is 0.0964. The maximum Gasteiger partial charge on any atom is 0.320 e. The fraction of sp³-hybridized carbons (Fsp3) is 0.889. The maximum absolute atomic E-state index is 11.7. The SMILES string of the molecule is COCCN1CCN(CCOC)C1=O. The van der Waals surface area contributed by atoms with Crippen LogP contribution in [0.4, 0.5) is 4.79 Å². The van der Waals surface area contributed by atoms with Gasteiger partial charge in [0.2, 0.25) is 0 Å². The van der Waals surface area contributed by atoms with Gasteiger partial charge in [0, 0.05) is 40.4 Å². The van der Waals surface area contributed by atoms with Gasteiger partial charge in [-0.1, -0.05) is 0 Å². The van der Waals surface area contributed by atoms with Crippen LogP contribution in [-0.4, -0.2) is 69.4 Å². The van der Waals surface area contributed by atoms with E-state index in [-0.39, 0.29) is 6.03 Å². The van der Waals surface area contributed by atoms with Crippen molar-refractivity contribution in [3.8, 4) is 0 Å². The number of nitrogens with zero attached hydrogens (tertiary/aromatic N) is 2. The van der Waals surface area contributed by atoms with Crippen molar-refractivity contribution < 1.29 is 14.3 Å². The Bertz CT molecular complexity index is 169. The van der Waals surface area contributed by atoms with Crippen LogP contribution in [-0.2, 0) is 9.47 Å². The summed E-state index contributed by atoms with van der Waals surface area (Å²) in [5.41, 5.74) is 0. The van der Waals surface area contributed by atoms with Crippen molar-refractivity contribution in [3.05, 3.63) is 0 Å². The highest BCUT2D eigenvalue weighted by atomic mass is 16.5. The molecule has 2 amide bonds. The van der Waals surface area contributed by atoms with E-state index in [1.807, 2.05) is 0 Å². The lowest BCUT2D eigenvalue weighted by molar-refractivity contribution is 0.143. The molecule has 0 aromatic carbocycles. The number of methoxy groups -OCH3 is 2. The van der Waals surface area contributed by atoms with E-state index in [4.69, 9.17) is 9.47 Å². The maximum atomic E-state index is 11.7. The van der Waals surface area contributed by atoms with E-state index in [0.29, 0.717) is 26.3 Å². The van der Waals surface area contributed by atoms with Crippen LogP contribution >= 0.6 is 0 Å². The molecule has 0 radical (unpaired) electrons. The summed E-state index contributed by atoms with van der Waals surface area (Å²) < 4.78 is 9.86. The van der Waals surface area contributed by atoms with Crippen molar-refractivity contribution >= 4 is 6.03 Å². The summed E-state index contributed by atoms with van der Waals surface area (Å²) in [7, 11) is 3.28. The number of amides is 2. The molecule has 14 heavy (non-hydrogen) atoms. The molecule has 0 atom stereocenters. The van der Waals surface area contributed by atoms with Crippen LogP contribution < -0.4 is 0 Å². The Morgan fingerprint density at radius 2 is 1.50 bits per heavy atom. The molecular formula is C9H18N2O3. The first-order valence-corrected chi connectivity index (χ1v) is 4.81. The van der Waals surface area contributed by atoms with E-state index < -0.39 is 0 Å². The van der Waals surface area contributed by atoms with E-state index in [2.05, 4.69) is 0 Å². The second-order valence-electron chi connectivity index (χ2n) is 3.24. The number of ether oxygens (including phenoxy) is 2. The summed E-state index contributed by atoms with van der Waals surface area (Å²) >= 11 is 0. The molecule has 82 valence electrons. The number of hydrogen-bond acceptors (Lipinski definition) is 3. The summed E-state index contributed by atoms with van der Waals surface area (Å²) in [5, 5.41) is 0. The second kappa shape index (κ2) is 5.82. The van der Waals surface area contributed by atoms with Crippen molar-refractivity contribution in [1.82, 2.24) is 9.80 Å². The molecule has 5 heteroatoms. The van der Waals surface area contributed by atoms with Crippen LogP contribution in [0, 0.1) is 0 Å². The molecular weight excluding hydrogens is 184 g/mol. The monoisotopic (exact) mass is 202 g/mol. The number of urea groups is 1. The van der Waals surface area contributed by atoms with Gasteiger partial charge >= 0.3 is 6.03 Å². The van der Waals surface area contributed by atoms with Crippen molar-refractivity contribution in [3.63, 3.8) is 0 Å². The second-order valence-corrected chi connectivity index (χ2v) is 3.24. The molecule has 1 saturated heterocycles. The third-order valence-electron chi connectivity index (χ3n) is 2.31. The standard InChI is InChI=1S/C9H18N2O3/c1-13-7-5-10-3-4-11(9(10)12)6-8-14-2/h3-8H2,1-2H3. The molecule has 0 spiro atoms. The number of rotatable bonds is 6. The minimum absolute atomic E-state index is 0.0964. The number of carbonyl (C=O) groups is 1. The van der Waals surface area contributed by atoms with Gasteiger partial charge in [0.25, 0.3) is 0 Å². The quantitative estimate of drug-likeness (QED) is 0.609. The van der Waals surface area contributed by atoms with Gasteiger partial charge in [-0.05, 0) is 0 Å². The van der Waals surface area contributed by atoms with Crippen molar-refractivity contribution in [2.75, 3.05) is 53.6 Å². The molecule has 1 aliphatic heterocycles. The summed E-state index contributed by atoms with van der Waals surface area (Å²) in [6.07, 6.45) is 0. The first-order valence-electron chi connectivity index (χ1n) is 4.81. The molecule has 1 aliphatic rings. The highest BCUT2D eigenvalue weighted by Gasteiger charge is 2.27. The highest BCUT2D eigenvalue weighted by molar-refractivity contribution is 5.76. The van der Waals surface area contributed by atoms with Gasteiger partial charge in [-0.3, -0.25) is 0 Å². The predicted molar refractivity (Wildman–Crippen MR) is 52.3 cm³/mol. The lowest BCUT2D eigenvalue weighted by Gasteiger charge is -2.17. The average molecular weight is 202 g/mol. The van der Waals surface area contributed by atoms with Gasteiger partial charge < -0.3 is 19.3 Å². The fourth-order valence-electron chi connectivity index (χ4n) is 1.45. The van der Waals surface area contributed by atoms with Crippen LogP contribution in [0.2, 0.25) is 0 Å². The zero-order chi connectivity index (χ0) is 10.4. The largest absolute Gasteiger partial charge is 0.383 e. The zero-order valence-electron chi connectivity index (χ0n) is 8.86. The minimum Gasteiger partial charge on any atom is -0.383 e. The summed E-state index contributed by atoms with van der Waals surface area (Å²) in [5.74, 6) is 0. The summed E-state index contributed by atoms with van der Waals surface area (Å²) in [6.45, 7) is 4.16. The molecule has 1 fully saturated rings. The van der Waals surface area contributed by atoms with E-state index in [1.165, 1.54) is 0 Å². The number of carbonyl (C=O) groups excluding carboxylic acids is 1. The van der Waals surface area contributed by atoms with Gasteiger partial charge in [0.15, 0.2) is 0 Å². The molecule has 0 bridgehead atoms. The Labute approximate surface area is 84.6 Å². The molecule has 0 aromatic rings. The van der Waals surface area contributed by atoms with Crippen molar-refractivity contribution in [2.24, 2.45) is 0 Å². The Kier molecular flexibility index (Phi) is 4.69. The first-order chi connectivity index (χ1) is 6.79. The van der Waals surface area contributed by atoms with Crippen molar-refractivity contribution in [1.29, 1.82) is 0 Å². The average Bonchev–Trinajstić information content (AvgIpc) is 2.54. The van der Waals surface area contributed by atoms with Crippen LogP contribution in [0.3, 0.4) is 0 Å². The van der Waals surface area contributed by atoms with Gasteiger partial charge in [0.05, 0.1) is 13.2 Å². The van der Waals surface area contributed by atoms with Crippen LogP contribution in [0.15, 0.2) is 0 Å². The van der Waals surface area contributed by atoms with Crippen molar-refractivity contribution in [2.45, 2.75) is 0 Å². The molecule has 0 N–H and O–H groups in total. The number of hydrogen-bond donors (Lipinski definition) is 0. The third kappa shape index (κ3) is 2.85. The third-order valence-corrected chi connectivity index (χ3v) is 2.31. The Morgan fingerprint density at radius 3 is 1.86 bits per heavy atom. The van der Waals surface area contributed by atoms with Gasteiger partial charge in [0.1, 0.15) is 0 Å². The molecule has 0 saturated carbocycles. The van der Waals surface area contributed by atoms with Gasteiger partial charge in [-0.2, -0.15) is 0 Å².